The molecule has 1 amide bonds. The Morgan fingerprint density at radius 3 is 2.06 bits per heavy atom. The summed E-state index contributed by atoms with van der Waals surface area (Å²) in [7, 11) is -3.23. The second-order valence-corrected chi connectivity index (χ2v) is 8.61. The zero-order chi connectivity index (χ0) is 27.4. The number of sulfonamides is 1. The molecule has 0 saturated carbocycles. The van der Waals surface area contributed by atoms with E-state index in [4.69, 9.17) is 22.1 Å². The van der Waals surface area contributed by atoms with E-state index < -0.39 is 50.5 Å². The minimum atomic E-state index is -4.86. The largest absolute Gasteiger partial charge is 0.470 e. The molecule has 5 N–H and O–H groups in total. The number of amides is 1. The van der Waals surface area contributed by atoms with Gasteiger partial charge >= 0.3 is 24.2 Å². The molecule has 8 nitrogen and oxygen atoms in total. The van der Waals surface area contributed by atoms with E-state index in [1.54, 1.807) is 6.92 Å². The lowest BCUT2D eigenvalue weighted by atomic mass is 10.1. The molecular formula is C19H18ClF6N3O5S. The number of primary amides is 1. The molecule has 0 aliphatic rings. The van der Waals surface area contributed by atoms with Crippen LogP contribution in [-0.4, -0.2) is 33.6 Å². The predicted molar refractivity (Wildman–Crippen MR) is 114 cm³/mol. The number of nitrogens with two attached hydrogens (primary N) is 2. The van der Waals surface area contributed by atoms with Gasteiger partial charge in [-0.25, -0.2) is 13.2 Å². The van der Waals surface area contributed by atoms with E-state index in [1.807, 2.05) is 4.72 Å². The maximum Gasteiger partial charge on any atom is 0.470 e. The first-order valence-corrected chi connectivity index (χ1v) is 11.0. The molecule has 0 aliphatic heterocycles. The lowest BCUT2D eigenvalue weighted by molar-refractivity contribution is -0.169. The number of hydrogen-bond donors (Lipinski definition) is 3. The van der Waals surface area contributed by atoms with Crippen molar-refractivity contribution in [3.05, 3.63) is 52.0 Å². The maximum absolute atomic E-state index is 13.1. The van der Waals surface area contributed by atoms with Gasteiger partial charge < -0.3 is 16.2 Å². The molecule has 2 rings (SSSR count). The summed E-state index contributed by atoms with van der Waals surface area (Å²) in [6.07, 6.45) is -9.37. The number of ether oxygens (including phenoxy) is 1. The van der Waals surface area contributed by atoms with Crippen molar-refractivity contribution in [2.45, 2.75) is 30.6 Å². The number of aryl methyl sites for hydroxylation is 1. The van der Waals surface area contributed by atoms with Gasteiger partial charge in [0.15, 0.2) is 0 Å². The van der Waals surface area contributed by atoms with Crippen molar-refractivity contribution in [2.24, 2.45) is 5.73 Å². The first kappa shape index (κ1) is 29.8. The monoisotopic (exact) mass is 549 g/mol. The van der Waals surface area contributed by atoms with Crippen LogP contribution in [0.15, 0.2) is 35.2 Å². The number of nitrogens with one attached hydrogen (secondary N) is 1. The first-order chi connectivity index (χ1) is 15.8. The molecule has 0 radical (unpaired) electrons. The summed E-state index contributed by atoms with van der Waals surface area (Å²) in [6.45, 7) is 1.69. The van der Waals surface area contributed by atoms with Crippen molar-refractivity contribution in [3.63, 3.8) is 0 Å². The number of carbonyl (C=O) groups excluding carboxylic acids is 2. The van der Waals surface area contributed by atoms with Gasteiger partial charge in [0.2, 0.25) is 0 Å². The molecule has 0 aromatic heterocycles. The fourth-order valence-electron chi connectivity index (χ4n) is 2.44. The molecule has 0 saturated heterocycles. The highest BCUT2D eigenvalue weighted by Gasteiger charge is 2.36. The zero-order valence-electron chi connectivity index (χ0n) is 17.8. The molecule has 35 heavy (non-hydrogen) atoms. The third-order valence-electron chi connectivity index (χ3n) is 4.13. The van der Waals surface area contributed by atoms with Crippen LogP contribution in [0.1, 0.15) is 28.4 Å². The van der Waals surface area contributed by atoms with Gasteiger partial charge in [-0.3, -0.25) is 9.52 Å². The maximum atomic E-state index is 13.1. The molecule has 0 fully saturated rings. The number of esters is 1. The number of methoxy groups -OCH3 is 1. The van der Waals surface area contributed by atoms with Crippen LogP contribution >= 0.6 is 11.6 Å². The van der Waals surface area contributed by atoms with E-state index >= 15 is 0 Å². The van der Waals surface area contributed by atoms with Gasteiger partial charge in [-0.1, -0.05) is 24.6 Å². The molecular weight excluding hydrogens is 532 g/mol. The van der Waals surface area contributed by atoms with E-state index in [0.717, 1.165) is 19.2 Å². The Morgan fingerprint density at radius 2 is 1.63 bits per heavy atom. The molecule has 0 bridgehead atoms. The van der Waals surface area contributed by atoms with Crippen molar-refractivity contribution in [1.82, 2.24) is 0 Å². The average Bonchev–Trinajstić information content (AvgIpc) is 2.73. The first-order valence-electron chi connectivity index (χ1n) is 9.12. The van der Waals surface area contributed by atoms with Crippen molar-refractivity contribution < 1.29 is 49.1 Å². The fourth-order valence-corrected chi connectivity index (χ4v) is 4.13. The SMILES string of the molecule is CCc1ccc(C(=O)OC)cc1S(=O)(=O)Nc1cc(C(F)(F)F)c(Cl)cc1N.NC(=O)C(F)(F)F. The number of hydrogen-bond acceptors (Lipinski definition) is 6. The molecule has 194 valence electrons. The Balaban J connectivity index is 0.000000762. The molecule has 0 atom stereocenters. The summed E-state index contributed by atoms with van der Waals surface area (Å²) in [5.41, 5.74) is 7.76. The van der Waals surface area contributed by atoms with Crippen LogP contribution < -0.4 is 16.2 Å². The Hall–Kier alpha value is -3.20. The lowest BCUT2D eigenvalue weighted by Gasteiger charge is -2.16. The second-order valence-electron chi connectivity index (χ2n) is 6.55. The number of rotatable bonds is 5. The number of benzene rings is 2. The van der Waals surface area contributed by atoms with Crippen LogP contribution in [0.3, 0.4) is 0 Å². The van der Waals surface area contributed by atoms with Crippen LogP contribution in [0.2, 0.25) is 5.02 Å². The Kier molecular flexibility index (Phi) is 9.40. The molecule has 0 unspecified atom stereocenters. The fraction of sp³-hybridized carbons (Fsp3) is 0.263. The summed E-state index contributed by atoms with van der Waals surface area (Å²) in [6, 6.07) is 5.23. The van der Waals surface area contributed by atoms with Crippen LogP contribution in [-0.2, 0) is 32.2 Å². The minimum absolute atomic E-state index is 0.0277. The zero-order valence-corrected chi connectivity index (χ0v) is 19.4. The normalized spacial score (nSPS) is 11.8. The summed E-state index contributed by atoms with van der Waals surface area (Å²) in [4.78, 5) is 20.5. The van der Waals surface area contributed by atoms with E-state index in [1.165, 1.54) is 12.1 Å². The summed E-state index contributed by atoms with van der Waals surface area (Å²) < 4.78 is 104. The summed E-state index contributed by atoms with van der Waals surface area (Å²) in [5, 5.41) is -0.658. The molecule has 0 spiro atoms. The third kappa shape index (κ3) is 7.92. The number of anilines is 2. The van der Waals surface area contributed by atoms with Gasteiger partial charge in [-0.15, -0.1) is 0 Å². The van der Waals surface area contributed by atoms with Gasteiger partial charge in [0.1, 0.15) is 0 Å². The van der Waals surface area contributed by atoms with Crippen LogP contribution in [0.25, 0.3) is 0 Å². The summed E-state index contributed by atoms with van der Waals surface area (Å²) in [5.74, 6) is -3.02. The molecule has 0 heterocycles. The van der Waals surface area contributed by atoms with E-state index in [9.17, 15) is 39.6 Å². The van der Waals surface area contributed by atoms with Crippen LogP contribution in [0.5, 0.6) is 0 Å². The van der Waals surface area contributed by atoms with Crippen molar-refractivity contribution in [1.29, 1.82) is 0 Å². The number of carbonyl (C=O) groups is 2. The van der Waals surface area contributed by atoms with Gasteiger partial charge in [0, 0.05) is 0 Å². The highest BCUT2D eigenvalue weighted by atomic mass is 35.5. The highest BCUT2D eigenvalue weighted by Crippen LogP contribution is 2.39. The lowest BCUT2D eigenvalue weighted by Crippen LogP contribution is -2.30. The van der Waals surface area contributed by atoms with Gasteiger partial charge in [-0.2, -0.15) is 26.3 Å². The molecule has 2 aromatic carbocycles. The standard InChI is InChI=1S/C17H16ClF3N2O4S.C2H2F3NO/c1-3-9-4-5-10(16(24)27-2)6-15(9)28(25,26)23-14-7-11(17(19,20)21)12(18)8-13(14)22;3-2(4,5)1(6)7/h4-8,23H,3,22H2,1-2H3;(H2,6,7). The van der Waals surface area contributed by atoms with Crippen molar-refractivity contribution >= 4 is 44.9 Å². The van der Waals surface area contributed by atoms with Gasteiger partial charge in [0.05, 0.1) is 39.5 Å². The predicted octanol–water partition coefficient (Wildman–Crippen LogP) is 4.12. The Bertz CT molecular complexity index is 1220. The number of nitrogen functional groups attached to an aromatic ring is 1. The average molecular weight is 550 g/mol. The molecule has 0 aliphatic carbocycles. The van der Waals surface area contributed by atoms with Crippen LogP contribution in [0.4, 0.5) is 37.7 Å². The van der Waals surface area contributed by atoms with Gasteiger partial charge in [0.25, 0.3) is 10.0 Å². The topological polar surface area (TPSA) is 142 Å². The summed E-state index contributed by atoms with van der Waals surface area (Å²) >= 11 is 5.57. The number of alkyl halides is 6. The van der Waals surface area contributed by atoms with E-state index in [0.29, 0.717) is 18.1 Å². The van der Waals surface area contributed by atoms with E-state index in [2.05, 4.69) is 10.5 Å². The number of halogens is 7. The van der Waals surface area contributed by atoms with E-state index in [-0.39, 0.29) is 16.1 Å². The Morgan fingerprint density at radius 1 is 1.09 bits per heavy atom. The highest BCUT2D eigenvalue weighted by molar-refractivity contribution is 7.92. The van der Waals surface area contributed by atoms with Crippen LogP contribution in [0, 0.1) is 0 Å². The smallest absolute Gasteiger partial charge is 0.465 e. The quantitative estimate of drug-likeness (QED) is 0.291. The Labute approximate surface area is 200 Å². The van der Waals surface area contributed by atoms with Crippen molar-refractivity contribution in [3.8, 4) is 0 Å². The second kappa shape index (κ2) is 11.0. The molecule has 16 heteroatoms. The minimum Gasteiger partial charge on any atom is -0.465 e. The van der Waals surface area contributed by atoms with Crippen molar-refractivity contribution in [2.75, 3.05) is 17.6 Å². The van der Waals surface area contributed by atoms with Gasteiger partial charge in [-0.05, 0) is 36.2 Å². The molecule has 2 aromatic rings. The third-order valence-corrected chi connectivity index (χ3v) is 5.89.